The number of aryl methyl sites for hydroxylation is 1. The van der Waals surface area contributed by atoms with Gasteiger partial charge in [0.05, 0.1) is 12.2 Å². The number of carbonyl (C=O) groups excluding carboxylic acids is 1. The van der Waals surface area contributed by atoms with Crippen LogP contribution in [0.3, 0.4) is 0 Å². The lowest BCUT2D eigenvalue weighted by Crippen LogP contribution is -2.34. The van der Waals surface area contributed by atoms with Gasteiger partial charge in [0.15, 0.2) is 0 Å². The molecule has 1 aliphatic carbocycles. The van der Waals surface area contributed by atoms with Crippen LogP contribution in [-0.4, -0.2) is 36.3 Å². The Hall–Kier alpha value is -3.03. The van der Waals surface area contributed by atoms with Crippen LogP contribution in [0.1, 0.15) is 47.8 Å². The number of nitrogens with zero attached hydrogens (tertiary/aromatic N) is 5. The Balaban J connectivity index is 1.47. The number of hydrogen-bond donors (Lipinski definition) is 2. The molecular weight excluding hydrogens is 342 g/mol. The second-order valence-electron chi connectivity index (χ2n) is 6.90. The van der Waals surface area contributed by atoms with Crippen LogP contribution in [0.25, 0.3) is 0 Å². The second-order valence-corrected chi connectivity index (χ2v) is 6.90. The molecule has 2 N–H and O–H groups in total. The molecule has 1 amide bonds. The Morgan fingerprint density at radius 3 is 2.85 bits per heavy atom. The SMILES string of the molecule is O=C(NCc1n[nH]c2c1CCCCC2)C(Cc1ccccc1)n1cnnn1. The van der Waals surface area contributed by atoms with Crippen LogP contribution in [0.15, 0.2) is 36.7 Å². The van der Waals surface area contributed by atoms with Crippen LogP contribution < -0.4 is 5.32 Å². The lowest BCUT2D eigenvalue weighted by Gasteiger charge is -2.16. The van der Waals surface area contributed by atoms with E-state index in [0.717, 1.165) is 24.1 Å². The Labute approximate surface area is 157 Å². The quantitative estimate of drug-likeness (QED) is 0.648. The van der Waals surface area contributed by atoms with E-state index < -0.39 is 6.04 Å². The van der Waals surface area contributed by atoms with Gasteiger partial charge in [-0.1, -0.05) is 36.8 Å². The van der Waals surface area contributed by atoms with Gasteiger partial charge < -0.3 is 5.32 Å². The van der Waals surface area contributed by atoms with E-state index in [1.165, 1.54) is 41.5 Å². The summed E-state index contributed by atoms with van der Waals surface area (Å²) < 4.78 is 1.51. The summed E-state index contributed by atoms with van der Waals surface area (Å²) in [5, 5.41) is 21.9. The number of nitrogens with one attached hydrogen (secondary N) is 2. The number of rotatable bonds is 6. The van der Waals surface area contributed by atoms with Crippen LogP contribution in [0.5, 0.6) is 0 Å². The molecule has 0 fully saturated rings. The standard InChI is InChI=1S/C19H23N7O/c27-19(20-12-17-15-9-5-2-6-10-16(15)22-23-17)18(26-13-21-24-25-26)11-14-7-3-1-4-8-14/h1,3-4,7-8,13,18H,2,5-6,9-12H2,(H,20,27)(H,22,23). The first-order valence-electron chi connectivity index (χ1n) is 9.40. The molecule has 0 radical (unpaired) electrons. The summed E-state index contributed by atoms with van der Waals surface area (Å²) in [7, 11) is 0. The van der Waals surface area contributed by atoms with Gasteiger partial charge in [-0.3, -0.25) is 9.89 Å². The highest BCUT2D eigenvalue weighted by Gasteiger charge is 2.23. The fourth-order valence-electron chi connectivity index (χ4n) is 3.62. The predicted molar refractivity (Wildman–Crippen MR) is 98.7 cm³/mol. The van der Waals surface area contributed by atoms with Gasteiger partial charge >= 0.3 is 0 Å². The summed E-state index contributed by atoms with van der Waals surface area (Å²) in [6.45, 7) is 0.415. The van der Waals surface area contributed by atoms with Crippen LogP contribution in [0.4, 0.5) is 0 Å². The van der Waals surface area contributed by atoms with Gasteiger partial charge in [-0.2, -0.15) is 5.10 Å². The Kier molecular flexibility index (Phi) is 5.22. The minimum Gasteiger partial charge on any atom is -0.348 e. The van der Waals surface area contributed by atoms with E-state index in [1.807, 2.05) is 30.3 Å². The third kappa shape index (κ3) is 4.05. The second kappa shape index (κ2) is 8.11. The van der Waals surface area contributed by atoms with Crippen molar-refractivity contribution in [3.05, 3.63) is 59.2 Å². The van der Waals surface area contributed by atoms with Crippen LogP contribution in [-0.2, 0) is 30.6 Å². The highest BCUT2D eigenvalue weighted by atomic mass is 16.2. The summed E-state index contributed by atoms with van der Waals surface area (Å²) >= 11 is 0. The zero-order valence-electron chi connectivity index (χ0n) is 15.1. The molecule has 0 saturated heterocycles. The summed E-state index contributed by atoms with van der Waals surface area (Å²) in [6, 6.07) is 9.38. The Morgan fingerprint density at radius 1 is 1.19 bits per heavy atom. The maximum absolute atomic E-state index is 12.9. The molecule has 1 unspecified atom stereocenters. The monoisotopic (exact) mass is 365 g/mol. The molecule has 0 saturated carbocycles. The van der Waals surface area contributed by atoms with Crippen molar-refractivity contribution in [2.24, 2.45) is 0 Å². The van der Waals surface area contributed by atoms with E-state index >= 15 is 0 Å². The van der Waals surface area contributed by atoms with Gasteiger partial charge in [-0.15, -0.1) is 5.10 Å². The minimum absolute atomic E-state index is 0.114. The maximum atomic E-state index is 12.9. The van der Waals surface area contributed by atoms with E-state index in [2.05, 4.69) is 31.0 Å². The molecule has 0 bridgehead atoms. The first-order chi connectivity index (χ1) is 13.3. The van der Waals surface area contributed by atoms with Crippen LogP contribution in [0.2, 0.25) is 0 Å². The van der Waals surface area contributed by atoms with Gasteiger partial charge in [0.1, 0.15) is 12.4 Å². The highest BCUT2D eigenvalue weighted by molar-refractivity contribution is 5.80. The third-order valence-corrected chi connectivity index (χ3v) is 5.08. The third-order valence-electron chi connectivity index (χ3n) is 5.08. The van der Waals surface area contributed by atoms with E-state index in [4.69, 9.17) is 0 Å². The van der Waals surface area contributed by atoms with E-state index in [0.29, 0.717) is 13.0 Å². The smallest absolute Gasteiger partial charge is 0.245 e. The molecule has 8 nitrogen and oxygen atoms in total. The number of H-pyrrole nitrogens is 1. The predicted octanol–water partition coefficient (Wildman–Crippen LogP) is 1.77. The number of tetrazole rings is 1. The van der Waals surface area contributed by atoms with Crippen molar-refractivity contribution < 1.29 is 4.79 Å². The molecule has 0 spiro atoms. The average molecular weight is 365 g/mol. The lowest BCUT2D eigenvalue weighted by atomic mass is 10.0. The first-order valence-corrected chi connectivity index (χ1v) is 9.40. The molecule has 4 rings (SSSR count). The zero-order chi connectivity index (χ0) is 18.5. The van der Waals surface area contributed by atoms with Crippen LogP contribution >= 0.6 is 0 Å². The van der Waals surface area contributed by atoms with Crippen molar-refractivity contribution >= 4 is 5.91 Å². The van der Waals surface area contributed by atoms with E-state index in [9.17, 15) is 4.79 Å². The number of benzene rings is 1. The maximum Gasteiger partial charge on any atom is 0.245 e. The topological polar surface area (TPSA) is 101 Å². The van der Waals surface area contributed by atoms with Gasteiger partial charge in [0, 0.05) is 12.1 Å². The number of amides is 1. The highest BCUT2D eigenvalue weighted by Crippen LogP contribution is 2.22. The van der Waals surface area contributed by atoms with Crippen molar-refractivity contribution in [1.29, 1.82) is 0 Å². The molecule has 1 aromatic carbocycles. The van der Waals surface area contributed by atoms with Crippen molar-refractivity contribution in [3.8, 4) is 0 Å². The summed E-state index contributed by atoms with van der Waals surface area (Å²) in [5.41, 5.74) is 4.49. The minimum atomic E-state index is -0.500. The average Bonchev–Trinajstić information content (AvgIpc) is 3.30. The Bertz CT molecular complexity index is 873. The molecule has 8 heteroatoms. The molecule has 2 aromatic heterocycles. The fraction of sp³-hybridized carbons (Fsp3) is 0.421. The van der Waals surface area contributed by atoms with Crippen molar-refractivity contribution in [3.63, 3.8) is 0 Å². The van der Waals surface area contributed by atoms with Crippen molar-refractivity contribution in [1.82, 2.24) is 35.7 Å². The normalized spacial score (nSPS) is 15.0. The van der Waals surface area contributed by atoms with Crippen molar-refractivity contribution in [2.45, 2.75) is 51.1 Å². The fourth-order valence-corrected chi connectivity index (χ4v) is 3.62. The zero-order valence-corrected chi connectivity index (χ0v) is 15.1. The van der Waals surface area contributed by atoms with Gasteiger partial charge in [0.25, 0.3) is 0 Å². The van der Waals surface area contributed by atoms with Gasteiger partial charge in [-0.25, -0.2) is 4.68 Å². The van der Waals surface area contributed by atoms with Gasteiger partial charge in [-0.05, 0) is 47.2 Å². The Morgan fingerprint density at radius 2 is 2.04 bits per heavy atom. The number of hydrogen-bond acceptors (Lipinski definition) is 5. The van der Waals surface area contributed by atoms with Gasteiger partial charge in [0.2, 0.25) is 5.91 Å². The van der Waals surface area contributed by atoms with E-state index in [1.54, 1.807) is 0 Å². The first kappa shape index (κ1) is 17.4. The molecule has 1 atom stereocenters. The summed E-state index contributed by atoms with van der Waals surface area (Å²) in [6.07, 6.45) is 7.68. The summed E-state index contributed by atoms with van der Waals surface area (Å²) in [5.74, 6) is -0.114. The number of aromatic amines is 1. The molecule has 3 aromatic rings. The largest absolute Gasteiger partial charge is 0.348 e. The molecule has 0 aliphatic heterocycles. The van der Waals surface area contributed by atoms with Crippen molar-refractivity contribution in [2.75, 3.05) is 0 Å². The molecular formula is C19H23N7O. The van der Waals surface area contributed by atoms with Crippen LogP contribution in [0, 0.1) is 0 Å². The lowest BCUT2D eigenvalue weighted by molar-refractivity contribution is -0.124. The number of aromatic nitrogens is 6. The number of fused-ring (bicyclic) bond motifs is 1. The molecule has 1 aliphatic rings. The van der Waals surface area contributed by atoms with E-state index in [-0.39, 0.29) is 5.91 Å². The molecule has 2 heterocycles. The number of carbonyl (C=O) groups is 1. The summed E-state index contributed by atoms with van der Waals surface area (Å²) in [4.78, 5) is 12.9. The molecule has 27 heavy (non-hydrogen) atoms. The molecule has 140 valence electrons.